The van der Waals surface area contributed by atoms with E-state index in [1.807, 2.05) is 0 Å². The number of benzene rings is 2. The van der Waals surface area contributed by atoms with Crippen LogP contribution in [0.1, 0.15) is 18.4 Å². The lowest BCUT2D eigenvalue weighted by molar-refractivity contribution is -0.173. The number of aromatic nitrogens is 2. The van der Waals surface area contributed by atoms with Gasteiger partial charge in [-0.25, -0.2) is 13.6 Å². The summed E-state index contributed by atoms with van der Waals surface area (Å²) < 4.78 is 79.6. The molecule has 220 valence electrons. The number of halogens is 5. The number of piperidine rings is 1. The molecular formula is C29H25F5N4O3S. The highest BCUT2D eigenvalue weighted by molar-refractivity contribution is 7.99. The Bertz CT molecular complexity index is 1700. The molecule has 4 aliphatic heterocycles. The molecule has 0 N–H and O–H groups in total. The van der Waals surface area contributed by atoms with Crippen LogP contribution >= 0.6 is 11.8 Å². The number of carbonyl (C=O) groups excluding carboxylic acids is 1. The van der Waals surface area contributed by atoms with E-state index in [9.17, 15) is 31.5 Å². The Morgan fingerprint density at radius 1 is 1.14 bits per heavy atom. The first kappa shape index (κ1) is 27.4. The normalized spacial score (nSPS) is 22.8. The predicted octanol–water partition coefficient (Wildman–Crippen LogP) is 4.85. The van der Waals surface area contributed by atoms with Gasteiger partial charge in [-0.05, 0) is 37.1 Å². The van der Waals surface area contributed by atoms with Crippen LogP contribution in [0, 0.1) is 17.0 Å². The minimum atomic E-state index is -4.89. The van der Waals surface area contributed by atoms with E-state index in [1.165, 1.54) is 10.6 Å². The average molecular weight is 605 g/mol. The highest BCUT2D eigenvalue weighted by atomic mass is 32.2. The third-order valence-corrected chi connectivity index (χ3v) is 9.87. The highest BCUT2D eigenvalue weighted by Crippen LogP contribution is 2.50. The van der Waals surface area contributed by atoms with Crippen LogP contribution in [0.5, 0.6) is 0 Å². The molecule has 0 saturated carbocycles. The van der Waals surface area contributed by atoms with E-state index < -0.39 is 40.2 Å². The number of ether oxygens (including phenoxy) is 1. The quantitative estimate of drug-likeness (QED) is 0.315. The number of aryl methyl sites for hydroxylation is 1. The Kier molecular flexibility index (Phi) is 6.21. The molecule has 2 bridgehead atoms. The highest BCUT2D eigenvalue weighted by Gasteiger charge is 2.53. The summed E-state index contributed by atoms with van der Waals surface area (Å²) in [7, 11) is 0. The molecule has 42 heavy (non-hydrogen) atoms. The maximum atomic E-state index is 15.0. The monoisotopic (exact) mass is 604 g/mol. The van der Waals surface area contributed by atoms with Gasteiger partial charge in [-0.2, -0.15) is 18.2 Å². The molecule has 2 unspecified atom stereocenters. The van der Waals surface area contributed by atoms with Crippen molar-refractivity contribution in [3.8, 4) is 11.1 Å². The second-order valence-corrected chi connectivity index (χ2v) is 12.5. The van der Waals surface area contributed by atoms with Gasteiger partial charge in [0.15, 0.2) is 0 Å². The van der Waals surface area contributed by atoms with Gasteiger partial charge in [0, 0.05) is 58.3 Å². The van der Waals surface area contributed by atoms with Gasteiger partial charge in [0.1, 0.15) is 17.5 Å². The summed E-state index contributed by atoms with van der Waals surface area (Å²) in [4.78, 5) is 34.2. The summed E-state index contributed by atoms with van der Waals surface area (Å²) in [5.74, 6) is -1.88. The summed E-state index contributed by atoms with van der Waals surface area (Å²) in [6.45, 7) is 5.56. The molecule has 13 heteroatoms. The molecule has 7 nitrogen and oxygen atoms in total. The average Bonchev–Trinajstić information content (AvgIpc) is 2.92. The molecule has 3 saturated heterocycles. The molecule has 2 atom stereocenters. The van der Waals surface area contributed by atoms with Gasteiger partial charge in [-0.3, -0.25) is 9.36 Å². The summed E-state index contributed by atoms with van der Waals surface area (Å²) in [5.41, 5.74) is -2.35. The molecule has 1 spiro atoms. The molecule has 1 aromatic heterocycles. The number of thioether (sulfide) groups is 1. The van der Waals surface area contributed by atoms with Crippen LogP contribution in [0.25, 0.3) is 22.0 Å². The molecule has 2 aromatic carbocycles. The Morgan fingerprint density at radius 2 is 1.86 bits per heavy atom. The van der Waals surface area contributed by atoms with Gasteiger partial charge in [-0.1, -0.05) is 6.58 Å². The Balaban J connectivity index is 1.43. The summed E-state index contributed by atoms with van der Waals surface area (Å²) in [5, 5.41) is 0.124. The second-order valence-electron chi connectivity index (χ2n) is 11.4. The minimum Gasteiger partial charge on any atom is -0.380 e. The van der Waals surface area contributed by atoms with Crippen LogP contribution in [0.15, 0.2) is 46.6 Å². The molecule has 7 rings (SSSR count). The second kappa shape index (κ2) is 9.53. The Labute approximate surface area is 240 Å². The Hall–Kier alpha value is -3.45. The van der Waals surface area contributed by atoms with Crippen molar-refractivity contribution >= 4 is 34.4 Å². The molecule has 0 aliphatic carbocycles. The number of carbonyl (C=O) groups is 1. The smallest absolute Gasteiger partial charge is 0.380 e. The summed E-state index contributed by atoms with van der Waals surface area (Å²) in [6.07, 6.45) is -2.32. The van der Waals surface area contributed by atoms with Gasteiger partial charge in [0.25, 0.3) is 0 Å². The van der Waals surface area contributed by atoms with Crippen molar-refractivity contribution in [2.24, 2.45) is 5.41 Å². The third kappa shape index (κ3) is 4.15. The first-order chi connectivity index (χ1) is 20.0. The van der Waals surface area contributed by atoms with Gasteiger partial charge < -0.3 is 14.5 Å². The summed E-state index contributed by atoms with van der Waals surface area (Å²) >= 11 is 1.10. The van der Waals surface area contributed by atoms with E-state index in [1.54, 1.807) is 9.80 Å². The zero-order valence-corrected chi connectivity index (χ0v) is 23.0. The van der Waals surface area contributed by atoms with E-state index >= 15 is 0 Å². The molecule has 3 aromatic rings. The van der Waals surface area contributed by atoms with Crippen molar-refractivity contribution in [3.05, 3.63) is 64.6 Å². The van der Waals surface area contributed by atoms with E-state index in [0.717, 1.165) is 30.0 Å². The number of hydrogen-bond acceptors (Lipinski definition) is 6. The molecule has 3 fully saturated rings. The first-order valence-corrected chi connectivity index (χ1v) is 14.5. The lowest BCUT2D eigenvalue weighted by atomic mass is 9.69. The number of alkyl halides is 3. The fraction of sp³-hybridized carbons (Fsp3) is 0.414. The predicted molar refractivity (Wildman–Crippen MR) is 146 cm³/mol. The van der Waals surface area contributed by atoms with Crippen LogP contribution in [0.3, 0.4) is 0 Å². The molecule has 5 heterocycles. The van der Waals surface area contributed by atoms with Crippen LogP contribution in [0.2, 0.25) is 0 Å². The fourth-order valence-electron chi connectivity index (χ4n) is 7.14. The lowest BCUT2D eigenvalue weighted by Gasteiger charge is -2.58. The maximum Gasteiger partial charge on any atom is 0.417 e. The van der Waals surface area contributed by atoms with Crippen molar-refractivity contribution in [2.45, 2.75) is 42.5 Å². The van der Waals surface area contributed by atoms with Crippen molar-refractivity contribution in [1.29, 1.82) is 0 Å². The number of hydrogen-bond donors (Lipinski definition) is 0. The third-order valence-electron chi connectivity index (χ3n) is 8.80. The fourth-order valence-corrected chi connectivity index (χ4v) is 8.33. The van der Waals surface area contributed by atoms with Crippen molar-refractivity contribution in [3.63, 3.8) is 0 Å². The molecule has 1 amide bonds. The zero-order valence-electron chi connectivity index (χ0n) is 22.2. The molecule has 4 aliphatic rings. The number of amides is 1. The largest absolute Gasteiger partial charge is 0.417 e. The zero-order chi connectivity index (χ0) is 29.6. The van der Waals surface area contributed by atoms with E-state index in [0.29, 0.717) is 32.1 Å². The van der Waals surface area contributed by atoms with Gasteiger partial charge in [0.05, 0.1) is 36.4 Å². The number of piperazine rings is 1. The first-order valence-electron chi connectivity index (χ1n) is 13.5. The van der Waals surface area contributed by atoms with Crippen molar-refractivity contribution in [2.75, 3.05) is 37.0 Å². The number of anilines is 1. The summed E-state index contributed by atoms with van der Waals surface area (Å²) in [6, 6.07) is 2.84. The number of rotatable bonds is 3. The van der Waals surface area contributed by atoms with Crippen LogP contribution in [0.4, 0.5) is 27.8 Å². The van der Waals surface area contributed by atoms with Gasteiger partial charge in [-0.15, -0.1) is 11.8 Å². The van der Waals surface area contributed by atoms with E-state index in [4.69, 9.17) is 4.74 Å². The minimum absolute atomic E-state index is 0.0551. The van der Waals surface area contributed by atoms with E-state index in [-0.39, 0.29) is 70.4 Å². The van der Waals surface area contributed by atoms with Crippen LogP contribution in [-0.4, -0.2) is 64.5 Å². The lowest BCUT2D eigenvalue weighted by Crippen LogP contribution is -2.68. The molecule has 0 radical (unpaired) electrons. The van der Waals surface area contributed by atoms with Crippen molar-refractivity contribution < 1.29 is 31.5 Å². The molecular weight excluding hydrogens is 579 g/mol. The topological polar surface area (TPSA) is 67.7 Å². The SMILES string of the molecule is C=CC(=O)N1C2CN(c3nc(=O)n4c5c(c(-c6ccc(F)cc6F)c(C(F)(F)F)cc35)SCC4)CC1CC1(COC1)C2. The van der Waals surface area contributed by atoms with Gasteiger partial charge in [0.2, 0.25) is 5.91 Å². The van der Waals surface area contributed by atoms with Gasteiger partial charge >= 0.3 is 11.9 Å². The maximum absolute atomic E-state index is 15.0. The number of fused-ring (bicyclic) bond motifs is 2. The number of nitrogens with zero attached hydrogens (tertiary/aromatic N) is 4. The standard InChI is InChI=1S/C29H25F5N4O3S/c1-2-22(39)38-16-9-28(13-41-14-28)10-17(38)12-36(11-16)26-19-8-20(29(32,33)34)23(18-4-3-15(30)7-21(18)31)25-24(19)37(5-6-42-25)27(40)35-26/h2-4,7-8,16-17H,1,5-6,9-14H2. The van der Waals surface area contributed by atoms with Crippen LogP contribution in [-0.2, 0) is 22.3 Å². The van der Waals surface area contributed by atoms with Crippen LogP contribution < -0.4 is 10.6 Å². The van der Waals surface area contributed by atoms with Crippen molar-refractivity contribution in [1.82, 2.24) is 14.5 Å². The Morgan fingerprint density at radius 3 is 2.45 bits per heavy atom. The van der Waals surface area contributed by atoms with E-state index in [2.05, 4.69) is 11.6 Å².